The van der Waals surface area contributed by atoms with Gasteiger partial charge in [0.15, 0.2) is 6.33 Å². The molecule has 3 rings (SSSR count). The topological polar surface area (TPSA) is 196 Å². The second-order valence-electron chi connectivity index (χ2n) is 7.16. The smallest absolute Gasteiger partial charge is 0.441 e. The van der Waals surface area contributed by atoms with Gasteiger partial charge in [0.25, 0.3) is 11.5 Å². The van der Waals surface area contributed by atoms with Gasteiger partial charge in [0.1, 0.15) is 6.61 Å². The molecule has 2 heterocycles. The average Bonchev–Trinajstić information content (AvgIpc) is 3.31. The molecule has 0 saturated carbocycles. The first kappa shape index (κ1) is 22.4. The van der Waals surface area contributed by atoms with Crippen LogP contribution in [-0.2, 0) is 25.7 Å². The fraction of sp³-hybridized carbons (Fsp3) is 0.389. The molecule has 1 N–H and O–H groups in total. The highest BCUT2D eigenvalue weighted by molar-refractivity contribution is 6.62. The summed E-state index contributed by atoms with van der Waals surface area (Å²) in [5, 5.41) is 24.5. The molecule has 1 amide bonds. The van der Waals surface area contributed by atoms with Gasteiger partial charge in [-0.05, 0) is 29.8 Å². The Morgan fingerprint density at radius 1 is 1.34 bits per heavy atom. The van der Waals surface area contributed by atoms with Crippen molar-refractivity contribution in [3.63, 3.8) is 0 Å². The molecule has 0 aliphatic carbocycles. The van der Waals surface area contributed by atoms with Crippen molar-refractivity contribution in [1.82, 2.24) is 25.5 Å². The van der Waals surface area contributed by atoms with E-state index in [0.717, 1.165) is 0 Å². The van der Waals surface area contributed by atoms with Gasteiger partial charge in [-0.25, -0.2) is 4.79 Å². The van der Waals surface area contributed by atoms with Crippen LogP contribution in [0.25, 0.3) is 5.53 Å². The summed E-state index contributed by atoms with van der Waals surface area (Å²) in [5.41, 5.74) is 8.71. The monoisotopic (exact) mass is 442 g/mol. The molecule has 32 heavy (non-hydrogen) atoms. The zero-order chi connectivity index (χ0) is 23.4. The fourth-order valence-electron chi connectivity index (χ4n) is 3.38. The van der Waals surface area contributed by atoms with Crippen molar-refractivity contribution in [2.45, 2.75) is 32.5 Å². The molecule has 2 unspecified atom stereocenters. The quantitative estimate of drug-likeness (QED) is 0.0804. The standard InChI is InChI=1S/C18H18N8O6/c1-9(14-13(17(28)22-14)10(2)25-21-8-20-24-25)16(27)15(23-19)18(29)32-7-11-3-5-12(6-4-11)26(30)31/h3-6,8-10,13-14H,7H2,1-2H3,(H,22,28)/t9-,10-,13?,14?/m1/s1. The van der Waals surface area contributed by atoms with Crippen molar-refractivity contribution in [3.05, 3.63) is 51.8 Å². The number of ether oxygens (including phenoxy) is 1. The number of nitrogens with zero attached hydrogens (tertiary/aromatic N) is 7. The molecule has 0 radical (unpaired) electrons. The van der Waals surface area contributed by atoms with E-state index in [-0.39, 0.29) is 18.2 Å². The molecule has 4 atom stereocenters. The number of β-lactam (4-membered cyclic amide) rings is 1. The molecule has 2 aromatic rings. The number of nitro groups is 1. The molecule has 0 spiro atoms. The Morgan fingerprint density at radius 3 is 2.56 bits per heavy atom. The maximum absolute atomic E-state index is 12.8. The Balaban J connectivity index is 1.64. The molecular weight excluding hydrogens is 424 g/mol. The van der Waals surface area contributed by atoms with Crippen LogP contribution in [-0.4, -0.2) is 59.3 Å². The Kier molecular flexibility index (Phi) is 6.45. The van der Waals surface area contributed by atoms with Crippen molar-refractivity contribution in [3.8, 4) is 0 Å². The summed E-state index contributed by atoms with van der Waals surface area (Å²) in [6.07, 6.45) is 1.22. The van der Waals surface area contributed by atoms with Gasteiger partial charge in [-0.3, -0.25) is 19.7 Å². The molecule has 1 aliphatic rings. The number of carbonyl (C=O) groups is 3. The summed E-state index contributed by atoms with van der Waals surface area (Å²) in [6.45, 7) is 2.87. The molecule has 166 valence electrons. The summed E-state index contributed by atoms with van der Waals surface area (Å²) in [5.74, 6) is -3.89. The largest absolute Gasteiger partial charge is 0.452 e. The van der Waals surface area contributed by atoms with Crippen molar-refractivity contribution in [1.29, 1.82) is 0 Å². The van der Waals surface area contributed by atoms with Crippen LogP contribution in [0.3, 0.4) is 0 Å². The second kappa shape index (κ2) is 9.22. The lowest BCUT2D eigenvalue weighted by Gasteiger charge is -2.41. The summed E-state index contributed by atoms with van der Waals surface area (Å²) >= 11 is 0. The van der Waals surface area contributed by atoms with Gasteiger partial charge in [0, 0.05) is 18.1 Å². The molecule has 14 nitrogen and oxygen atoms in total. The minimum absolute atomic E-state index is 0.130. The highest BCUT2D eigenvalue weighted by atomic mass is 16.6. The lowest BCUT2D eigenvalue weighted by atomic mass is 9.76. The van der Waals surface area contributed by atoms with E-state index in [4.69, 9.17) is 4.74 Å². The van der Waals surface area contributed by atoms with E-state index in [1.807, 2.05) is 0 Å². The Labute approximate surface area is 180 Å². The number of Topliss-reactive ketones (excluding diaryl/α,β-unsaturated/α-hetero) is 1. The van der Waals surface area contributed by atoms with Crippen molar-refractivity contribution >= 4 is 29.1 Å². The molecule has 1 saturated heterocycles. The molecular formula is C18H18N8O6. The summed E-state index contributed by atoms with van der Waals surface area (Å²) in [4.78, 5) is 51.3. The number of nitrogens with one attached hydrogen (secondary N) is 1. The predicted octanol–water partition coefficient (Wildman–Crippen LogP) is -0.124. The number of nitro benzene ring substituents is 1. The predicted molar refractivity (Wildman–Crippen MR) is 104 cm³/mol. The van der Waals surface area contributed by atoms with E-state index >= 15 is 0 Å². The first-order valence-corrected chi connectivity index (χ1v) is 9.44. The minimum atomic E-state index is -1.17. The van der Waals surface area contributed by atoms with Crippen LogP contribution in [0.2, 0.25) is 0 Å². The normalized spacial score (nSPS) is 19.0. The van der Waals surface area contributed by atoms with Gasteiger partial charge in [-0.2, -0.15) is 9.59 Å². The third kappa shape index (κ3) is 4.39. The third-order valence-corrected chi connectivity index (χ3v) is 5.24. The zero-order valence-corrected chi connectivity index (χ0v) is 17.0. The maximum atomic E-state index is 12.8. The summed E-state index contributed by atoms with van der Waals surface area (Å²) < 4.78 is 5.00. The number of hydrogen-bond acceptors (Lipinski definition) is 9. The van der Waals surface area contributed by atoms with Crippen LogP contribution in [0, 0.1) is 22.0 Å². The van der Waals surface area contributed by atoms with Crippen molar-refractivity contribution in [2.75, 3.05) is 0 Å². The molecule has 1 aromatic heterocycles. The highest BCUT2D eigenvalue weighted by Gasteiger charge is 2.51. The number of tetrazole rings is 1. The molecule has 0 bridgehead atoms. The molecule has 1 aliphatic heterocycles. The van der Waals surface area contributed by atoms with E-state index in [0.29, 0.717) is 5.56 Å². The Morgan fingerprint density at radius 2 is 2.03 bits per heavy atom. The van der Waals surface area contributed by atoms with Crippen LogP contribution in [0.1, 0.15) is 25.5 Å². The number of aromatic nitrogens is 4. The molecule has 1 aromatic carbocycles. The number of amides is 1. The molecule has 14 heteroatoms. The van der Waals surface area contributed by atoms with Crippen LogP contribution in [0.5, 0.6) is 0 Å². The van der Waals surface area contributed by atoms with Gasteiger partial charge < -0.3 is 15.6 Å². The maximum Gasteiger partial charge on any atom is 0.441 e. The number of non-ortho nitro benzene ring substituents is 1. The average molecular weight is 442 g/mol. The Hall–Kier alpha value is -4.32. The van der Waals surface area contributed by atoms with Crippen molar-refractivity contribution < 1.29 is 28.8 Å². The number of benzene rings is 1. The first-order valence-electron chi connectivity index (χ1n) is 9.44. The second-order valence-corrected chi connectivity index (χ2v) is 7.16. The summed E-state index contributed by atoms with van der Waals surface area (Å²) in [7, 11) is 0. The highest BCUT2D eigenvalue weighted by Crippen LogP contribution is 2.31. The molecule has 1 fully saturated rings. The lowest BCUT2D eigenvalue weighted by molar-refractivity contribution is -0.384. The minimum Gasteiger partial charge on any atom is -0.452 e. The third-order valence-electron chi connectivity index (χ3n) is 5.24. The number of hydrogen-bond donors (Lipinski definition) is 1. The van der Waals surface area contributed by atoms with E-state index in [1.165, 1.54) is 42.3 Å². The van der Waals surface area contributed by atoms with Gasteiger partial charge in [0.2, 0.25) is 5.91 Å². The van der Waals surface area contributed by atoms with E-state index < -0.39 is 46.3 Å². The van der Waals surface area contributed by atoms with Gasteiger partial charge in [0.05, 0.1) is 22.9 Å². The van der Waals surface area contributed by atoms with Crippen LogP contribution in [0.4, 0.5) is 5.69 Å². The first-order chi connectivity index (χ1) is 15.2. The lowest BCUT2D eigenvalue weighted by Crippen LogP contribution is -2.65. The van der Waals surface area contributed by atoms with Gasteiger partial charge in [-0.15, -0.1) is 10.2 Å². The number of carbonyl (C=O) groups excluding carboxylic acids is 3. The van der Waals surface area contributed by atoms with Crippen LogP contribution >= 0.6 is 0 Å². The number of ketones is 1. The van der Waals surface area contributed by atoms with E-state index in [1.54, 1.807) is 6.92 Å². The SMILES string of the molecule is C[C@H](C1C(=O)NC1[C@@H](C)C(=O)C(=[N+]=[N-])C(=O)OCc1ccc([N+](=O)[O-])cc1)n1ncnn1. The van der Waals surface area contributed by atoms with Gasteiger partial charge in [-0.1, -0.05) is 6.92 Å². The van der Waals surface area contributed by atoms with Crippen LogP contribution < -0.4 is 5.32 Å². The number of esters is 1. The van der Waals surface area contributed by atoms with Gasteiger partial charge >= 0.3 is 11.7 Å². The van der Waals surface area contributed by atoms with E-state index in [2.05, 4.69) is 25.5 Å². The fourth-order valence-corrected chi connectivity index (χ4v) is 3.38. The zero-order valence-electron chi connectivity index (χ0n) is 17.0. The Bertz CT molecular complexity index is 1090. The summed E-state index contributed by atoms with van der Waals surface area (Å²) in [6, 6.07) is 4.09. The number of rotatable bonds is 9. The van der Waals surface area contributed by atoms with E-state index in [9.17, 15) is 30.0 Å². The van der Waals surface area contributed by atoms with Crippen LogP contribution in [0.15, 0.2) is 30.6 Å². The van der Waals surface area contributed by atoms with Crippen molar-refractivity contribution in [2.24, 2.45) is 11.8 Å².